The predicted octanol–water partition coefficient (Wildman–Crippen LogP) is 4.26. The first kappa shape index (κ1) is 16.2. The van der Waals surface area contributed by atoms with Crippen molar-refractivity contribution in [2.45, 2.75) is 18.7 Å². The summed E-state index contributed by atoms with van der Waals surface area (Å²) >= 11 is 2.20. The number of anilines is 1. The molecule has 23 heavy (non-hydrogen) atoms. The molecule has 0 spiro atoms. The minimum Gasteiger partial charge on any atom is -0.279 e. The summed E-state index contributed by atoms with van der Waals surface area (Å²) < 4.78 is 29.3. The van der Waals surface area contributed by atoms with Crippen molar-refractivity contribution in [2.75, 3.05) is 4.72 Å². The van der Waals surface area contributed by atoms with E-state index < -0.39 is 10.0 Å². The Morgan fingerprint density at radius 3 is 2.61 bits per heavy atom. The minimum absolute atomic E-state index is 0.188. The van der Waals surface area contributed by atoms with Gasteiger partial charge in [0.1, 0.15) is 4.90 Å². The van der Waals surface area contributed by atoms with Crippen LogP contribution in [0, 0.1) is 17.4 Å². The van der Waals surface area contributed by atoms with Gasteiger partial charge in [0.05, 0.1) is 11.2 Å². The van der Waals surface area contributed by atoms with E-state index in [1.165, 1.54) is 0 Å². The van der Waals surface area contributed by atoms with Crippen molar-refractivity contribution in [1.82, 2.24) is 4.98 Å². The van der Waals surface area contributed by atoms with Gasteiger partial charge < -0.3 is 0 Å². The molecule has 3 aromatic rings. The van der Waals surface area contributed by atoms with Crippen molar-refractivity contribution in [1.29, 1.82) is 0 Å². The molecule has 1 N–H and O–H groups in total. The van der Waals surface area contributed by atoms with E-state index in [-0.39, 0.29) is 4.90 Å². The molecule has 3 rings (SSSR count). The summed E-state index contributed by atoms with van der Waals surface area (Å²) in [5.41, 5.74) is 2.93. The molecule has 0 bridgehead atoms. The topological polar surface area (TPSA) is 59.1 Å². The highest BCUT2D eigenvalue weighted by Crippen LogP contribution is 2.26. The number of nitrogens with zero attached hydrogens (tertiary/aromatic N) is 1. The molecule has 4 nitrogen and oxygen atoms in total. The lowest BCUT2D eigenvalue weighted by Crippen LogP contribution is -2.14. The Labute approximate surface area is 149 Å². The van der Waals surface area contributed by atoms with Crippen molar-refractivity contribution in [3.8, 4) is 0 Å². The quantitative estimate of drug-likeness (QED) is 0.622. The molecular weight excluding hydrogens is 423 g/mol. The molecule has 118 valence electrons. The van der Waals surface area contributed by atoms with Crippen LogP contribution in [0.2, 0.25) is 0 Å². The SMILES string of the molecule is Cc1cnc2c(S(=O)(=O)Nc3ccc(I)cc3C)cccc2c1. The lowest BCUT2D eigenvalue weighted by atomic mass is 10.2. The number of rotatable bonds is 3. The Balaban J connectivity index is 2.10. The van der Waals surface area contributed by atoms with Gasteiger partial charge in [0, 0.05) is 15.2 Å². The Morgan fingerprint density at radius 1 is 1.09 bits per heavy atom. The molecule has 0 amide bonds. The number of hydrogen-bond donors (Lipinski definition) is 1. The van der Waals surface area contributed by atoms with Crippen LogP contribution < -0.4 is 4.72 Å². The molecule has 1 aromatic heterocycles. The van der Waals surface area contributed by atoms with Gasteiger partial charge in [-0.15, -0.1) is 0 Å². The van der Waals surface area contributed by atoms with Gasteiger partial charge in [-0.05, 0) is 77.9 Å². The number of nitrogens with one attached hydrogen (secondary N) is 1. The first-order valence-corrected chi connectivity index (χ1v) is 9.57. The number of fused-ring (bicyclic) bond motifs is 1. The molecule has 0 aliphatic carbocycles. The third-order valence-electron chi connectivity index (χ3n) is 3.53. The largest absolute Gasteiger partial charge is 0.279 e. The Bertz CT molecular complexity index is 1000. The van der Waals surface area contributed by atoms with E-state index in [4.69, 9.17) is 0 Å². The number of aromatic nitrogens is 1. The van der Waals surface area contributed by atoms with Gasteiger partial charge in [-0.1, -0.05) is 12.1 Å². The van der Waals surface area contributed by atoms with E-state index in [0.29, 0.717) is 11.2 Å². The number of pyridine rings is 1. The minimum atomic E-state index is -3.70. The molecular formula is C17H15IN2O2S. The third-order valence-corrected chi connectivity index (χ3v) is 5.60. The summed E-state index contributed by atoms with van der Waals surface area (Å²) in [4.78, 5) is 4.49. The van der Waals surface area contributed by atoms with Crippen LogP contribution in [0.15, 0.2) is 53.6 Å². The molecule has 0 saturated carbocycles. The van der Waals surface area contributed by atoms with Gasteiger partial charge in [-0.3, -0.25) is 9.71 Å². The normalized spacial score (nSPS) is 11.6. The van der Waals surface area contributed by atoms with Gasteiger partial charge in [0.2, 0.25) is 0 Å². The number of hydrogen-bond acceptors (Lipinski definition) is 3. The van der Waals surface area contributed by atoms with E-state index in [9.17, 15) is 8.42 Å². The number of sulfonamides is 1. The maximum Gasteiger partial charge on any atom is 0.264 e. The van der Waals surface area contributed by atoms with Crippen LogP contribution in [0.1, 0.15) is 11.1 Å². The van der Waals surface area contributed by atoms with Gasteiger partial charge in [-0.25, -0.2) is 8.42 Å². The van der Waals surface area contributed by atoms with E-state index >= 15 is 0 Å². The Kier molecular flexibility index (Phi) is 4.29. The lowest BCUT2D eigenvalue weighted by molar-refractivity contribution is 0.602. The first-order valence-electron chi connectivity index (χ1n) is 7.01. The lowest BCUT2D eigenvalue weighted by Gasteiger charge is -2.12. The average Bonchev–Trinajstić information content (AvgIpc) is 2.49. The standard InChI is InChI=1S/C17H15IN2O2S/c1-11-8-13-4-3-5-16(17(13)19-10-11)23(21,22)20-15-7-6-14(18)9-12(15)2/h3-10,20H,1-2H3. The van der Waals surface area contributed by atoms with Crippen molar-refractivity contribution in [3.05, 3.63) is 63.4 Å². The van der Waals surface area contributed by atoms with E-state index in [0.717, 1.165) is 20.1 Å². The van der Waals surface area contributed by atoms with E-state index in [1.807, 2.05) is 38.1 Å². The zero-order valence-corrected chi connectivity index (χ0v) is 15.6. The Morgan fingerprint density at radius 2 is 1.87 bits per heavy atom. The Hall–Kier alpha value is -1.67. The van der Waals surface area contributed by atoms with Crippen molar-refractivity contribution < 1.29 is 8.42 Å². The molecule has 0 aliphatic rings. The fraction of sp³-hybridized carbons (Fsp3) is 0.118. The van der Waals surface area contributed by atoms with Crippen molar-refractivity contribution >= 4 is 49.2 Å². The van der Waals surface area contributed by atoms with Gasteiger partial charge in [0.15, 0.2) is 0 Å². The molecule has 0 radical (unpaired) electrons. The zero-order valence-electron chi connectivity index (χ0n) is 12.7. The fourth-order valence-corrected chi connectivity index (χ4v) is 4.36. The van der Waals surface area contributed by atoms with Gasteiger partial charge in [0.25, 0.3) is 10.0 Å². The number of benzene rings is 2. The first-order chi connectivity index (χ1) is 10.9. The van der Waals surface area contributed by atoms with E-state index in [2.05, 4.69) is 32.3 Å². The maximum atomic E-state index is 12.8. The molecule has 2 aromatic carbocycles. The second kappa shape index (κ2) is 6.09. The number of aryl methyl sites for hydroxylation is 2. The zero-order chi connectivity index (χ0) is 16.6. The molecule has 0 aliphatic heterocycles. The van der Waals surface area contributed by atoms with Crippen LogP contribution in [0.25, 0.3) is 10.9 Å². The highest BCUT2D eigenvalue weighted by molar-refractivity contribution is 14.1. The summed E-state index contributed by atoms with van der Waals surface area (Å²) in [6.07, 6.45) is 1.68. The van der Waals surface area contributed by atoms with Crippen molar-refractivity contribution in [3.63, 3.8) is 0 Å². The smallest absolute Gasteiger partial charge is 0.264 e. The van der Waals surface area contributed by atoms with Crippen LogP contribution in [0.4, 0.5) is 5.69 Å². The third kappa shape index (κ3) is 3.32. The molecule has 0 saturated heterocycles. The summed E-state index contributed by atoms with van der Waals surface area (Å²) in [6, 6.07) is 12.7. The average molecular weight is 438 g/mol. The van der Waals surface area contributed by atoms with Gasteiger partial charge >= 0.3 is 0 Å². The summed E-state index contributed by atoms with van der Waals surface area (Å²) in [5.74, 6) is 0. The summed E-state index contributed by atoms with van der Waals surface area (Å²) in [5, 5.41) is 0.812. The monoisotopic (exact) mass is 438 g/mol. The number of para-hydroxylation sites is 1. The number of halogens is 1. The highest BCUT2D eigenvalue weighted by Gasteiger charge is 2.19. The second-order valence-corrected chi connectivity index (χ2v) is 8.30. The predicted molar refractivity (Wildman–Crippen MR) is 101 cm³/mol. The van der Waals surface area contributed by atoms with Crippen LogP contribution in [-0.4, -0.2) is 13.4 Å². The molecule has 0 atom stereocenters. The van der Waals surface area contributed by atoms with Crippen molar-refractivity contribution in [2.24, 2.45) is 0 Å². The summed E-state index contributed by atoms with van der Waals surface area (Å²) in [7, 11) is -3.70. The molecule has 0 fully saturated rings. The maximum absolute atomic E-state index is 12.8. The van der Waals surface area contributed by atoms with Crippen LogP contribution >= 0.6 is 22.6 Å². The van der Waals surface area contributed by atoms with Crippen LogP contribution in [0.3, 0.4) is 0 Å². The molecule has 0 unspecified atom stereocenters. The fourth-order valence-electron chi connectivity index (χ4n) is 2.40. The van der Waals surface area contributed by atoms with Crippen LogP contribution in [-0.2, 0) is 10.0 Å². The molecule has 1 heterocycles. The highest BCUT2D eigenvalue weighted by atomic mass is 127. The van der Waals surface area contributed by atoms with Crippen LogP contribution in [0.5, 0.6) is 0 Å². The van der Waals surface area contributed by atoms with Gasteiger partial charge in [-0.2, -0.15) is 0 Å². The summed E-state index contributed by atoms with van der Waals surface area (Å²) in [6.45, 7) is 3.81. The second-order valence-electron chi connectivity index (χ2n) is 5.41. The molecule has 6 heteroatoms. The van der Waals surface area contributed by atoms with E-state index in [1.54, 1.807) is 24.4 Å².